The van der Waals surface area contributed by atoms with Gasteiger partial charge in [0.2, 0.25) is 5.91 Å². The van der Waals surface area contributed by atoms with Crippen molar-refractivity contribution < 1.29 is 22.4 Å². The van der Waals surface area contributed by atoms with Crippen LogP contribution >= 0.6 is 11.6 Å². The van der Waals surface area contributed by atoms with Crippen molar-refractivity contribution in [2.24, 2.45) is 5.92 Å². The highest BCUT2D eigenvalue weighted by Crippen LogP contribution is 2.40. The monoisotopic (exact) mass is 531 g/mol. The van der Waals surface area contributed by atoms with Crippen LogP contribution in [0.15, 0.2) is 66.7 Å². The van der Waals surface area contributed by atoms with E-state index < -0.39 is 23.5 Å². The molecule has 0 unspecified atom stereocenters. The molecule has 1 amide bonds. The molecule has 2 atom stereocenters. The highest BCUT2D eigenvalue weighted by atomic mass is 35.5. The number of fused-ring (bicyclic) bond motifs is 3. The fourth-order valence-corrected chi connectivity index (χ4v) is 5.43. The molecule has 1 fully saturated rings. The molecule has 5 rings (SSSR count). The number of carbonyl (C=O) groups excluding carboxylic acids is 1. The lowest BCUT2D eigenvalue weighted by molar-refractivity contribution is -0.137. The maximum absolute atomic E-state index is 14.1. The number of nitrogens with one attached hydrogen (secondary N) is 1. The quantitative estimate of drug-likeness (QED) is 0.430. The molecule has 37 heavy (non-hydrogen) atoms. The van der Waals surface area contributed by atoms with Crippen LogP contribution in [-0.4, -0.2) is 36.5 Å². The summed E-state index contributed by atoms with van der Waals surface area (Å²) in [6.07, 6.45) is -4.29. The van der Waals surface area contributed by atoms with Gasteiger partial charge >= 0.3 is 6.18 Å². The fraction of sp³-hybridized carbons (Fsp3) is 0.321. The first-order valence-electron chi connectivity index (χ1n) is 12.1. The maximum atomic E-state index is 14.1. The molecule has 194 valence electrons. The average Bonchev–Trinajstić information content (AvgIpc) is 2.88. The second kappa shape index (κ2) is 10.3. The van der Waals surface area contributed by atoms with Crippen molar-refractivity contribution in [1.82, 2.24) is 10.2 Å². The predicted molar refractivity (Wildman–Crippen MR) is 135 cm³/mol. The standard InChI is InChI=1S/C28H26ClF4N3O/c29-22-8-5-18(6-9-22)16-35-11-12-36-25-10-7-21(28(31,32)33)13-20(25)14-23(26(36)17-35)27(37)34-15-19-3-1-2-4-24(19)30/h1-10,13,23,26H,11-12,14-17H2,(H,34,37)/t23-,26-/m1/s1. The van der Waals surface area contributed by atoms with Crippen LogP contribution in [0.2, 0.25) is 5.02 Å². The van der Waals surface area contributed by atoms with Crippen molar-refractivity contribution >= 4 is 23.2 Å². The van der Waals surface area contributed by atoms with Gasteiger partial charge in [-0.2, -0.15) is 13.2 Å². The van der Waals surface area contributed by atoms with E-state index in [1.54, 1.807) is 18.2 Å². The lowest BCUT2D eigenvalue weighted by Crippen LogP contribution is -2.60. The molecule has 0 saturated carbocycles. The first-order valence-corrected chi connectivity index (χ1v) is 12.5. The fourth-order valence-electron chi connectivity index (χ4n) is 5.31. The molecule has 3 aromatic carbocycles. The normalized spacial score (nSPS) is 19.8. The van der Waals surface area contributed by atoms with Crippen molar-refractivity contribution in [1.29, 1.82) is 0 Å². The zero-order chi connectivity index (χ0) is 26.2. The molecule has 2 aliphatic heterocycles. The molecule has 0 radical (unpaired) electrons. The Morgan fingerprint density at radius 2 is 1.78 bits per heavy atom. The molecular formula is C28H26ClF4N3O. The van der Waals surface area contributed by atoms with Crippen molar-refractivity contribution in [2.45, 2.75) is 31.7 Å². The summed E-state index contributed by atoms with van der Waals surface area (Å²) >= 11 is 6.01. The van der Waals surface area contributed by atoms with Gasteiger partial charge in [0.05, 0.1) is 17.5 Å². The smallest absolute Gasteiger partial charge is 0.365 e. The van der Waals surface area contributed by atoms with E-state index in [0.29, 0.717) is 42.3 Å². The van der Waals surface area contributed by atoms with E-state index in [1.165, 1.54) is 12.1 Å². The number of nitrogens with zero attached hydrogens (tertiary/aromatic N) is 2. The van der Waals surface area contributed by atoms with Crippen LogP contribution in [0.5, 0.6) is 0 Å². The second-order valence-electron chi connectivity index (χ2n) is 9.58. The van der Waals surface area contributed by atoms with E-state index in [1.807, 2.05) is 24.3 Å². The third kappa shape index (κ3) is 5.60. The minimum Gasteiger partial charge on any atom is -0.365 e. The number of hydrogen-bond acceptors (Lipinski definition) is 3. The molecule has 2 aliphatic rings. The number of halogens is 5. The van der Waals surface area contributed by atoms with Crippen LogP contribution in [0.4, 0.5) is 23.2 Å². The molecule has 1 saturated heterocycles. The van der Waals surface area contributed by atoms with Crippen molar-refractivity contribution in [3.8, 4) is 0 Å². The highest BCUT2D eigenvalue weighted by Gasteiger charge is 2.42. The zero-order valence-electron chi connectivity index (χ0n) is 19.9. The Labute approximate surface area is 217 Å². The van der Waals surface area contributed by atoms with E-state index in [4.69, 9.17) is 11.6 Å². The summed E-state index contributed by atoms with van der Waals surface area (Å²) in [6.45, 7) is 2.53. The molecule has 0 bridgehead atoms. The topological polar surface area (TPSA) is 35.6 Å². The van der Waals surface area contributed by atoms with Crippen molar-refractivity contribution in [2.75, 3.05) is 24.5 Å². The molecule has 9 heteroatoms. The summed E-state index contributed by atoms with van der Waals surface area (Å²) in [7, 11) is 0. The second-order valence-corrected chi connectivity index (χ2v) is 10.0. The number of benzene rings is 3. The summed E-state index contributed by atoms with van der Waals surface area (Å²) in [5, 5.41) is 3.48. The molecule has 2 heterocycles. The van der Waals surface area contributed by atoms with Gasteiger partial charge < -0.3 is 10.2 Å². The Hall–Kier alpha value is -3.10. The van der Waals surface area contributed by atoms with Crippen LogP contribution in [0, 0.1) is 11.7 Å². The van der Waals surface area contributed by atoms with E-state index in [9.17, 15) is 22.4 Å². The zero-order valence-corrected chi connectivity index (χ0v) is 20.7. The van der Waals surface area contributed by atoms with Gasteiger partial charge in [0, 0.05) is 49.0 Å². The van der Waals surface area contributed by atoms with E-state index in [2.05, 4.69) is 15.1 Å². The number of piperazine rings is 1. The maximum Gasteiger partial charge on any atom is 0.416 e. The largest absolute Gasteiger partial charge is 0.416 e. The van der Waals surface area contributed by atoms with Crippen molar-refractivity contribution in [3.05, 3.63) is 99.8 Å². The molecule has 0 spiro atoms. The predicted octanol–water partition coefficient (Wildman–Crippen LogP) is 5.68. The van der Waals surface area contributed by atoms with Crippen LogP contribution in [0.3, 0.4) is 0 Å². The summed E-state index contributed by atoms with van der Waals surface area (Å²) in [5.41, 5.74) is 1.96. The molecule has 1 N–H and O–H groups in total. The summed E-state index contributed by atoms with van der Waals surface area (Å²) in [5.74, 6) is -1.30. The van der Waals surface area contributed by atoms with Crippen molar-refractivity contribution in [3.63, 3.8) is 0 Å². The van der Waals surface area contributed by atoms with Gasteiger partial charge in [0.25, 0.3) is 0 Å². The number of hydrogen-bond donors (Lipinski definition) is 1. The van der Waals surface area contributed by atoms with Gasteiger partial charge in [0.15, 0.2) is 0 Å². The van der Waals surface area contributed by atoms with Gasteiger partial charge in [-0.05, 0) is 53.9 Å². The summed E-state index contributed by atoms with van der Waals surface area (Å²) < 4.78 is 54.4. The molecule has 4 nitrogen and oxygen atoms in total. The van der Waals surface area contributed by atoms with E-state index in [0.717, 1.165) is 23.4 Å². The van der Waals surface area contributed by atoms with Gasteiger partial charge in [-0.25, -0.2) is 4.39 Å². The molecule has 3 aromatic rings. The van der Waals surface area contributed by atoms with Crippen LogP contribution < -0.4 is 10.2 Å². The molecule has 0 aliphatic carbocycles. The summed E-state index contributed by atoms with van der Waals surface area (Å²) in [6, 6.07) is 17.3. The van der Waals surface area contributed by atoms with Gasteiger partial charge in [-0.1, -0.05) is 41.9 Å². The Bertz CT molecular complexity index is 1280. The Balaban J connectivity index is 1.40. The third-order valence-electron chi connectivity index (χ3n) is 7.19. The minimum atomic E-state index is -4.47. The lowest BCUT2D eigenvalue weighted by Gasteiger charge is -2.49. The number of amides is 1. The number of anilines is 1. The average molecular weight is 532 g/mol. The van der Waals surface area contributed by atoms with Crippen LogP contribution in [-0.2, 0) is 30.5 Å². The summed E-state index contributed by atoms with van der Waals surface area (Å²) in [4.78, 5) is 17.7. The van der Waals surface area contributed by atoms with E-state index >= 15 is 0 Å². The Kier molecular flexibility index (Phi) is 7.14. The first kappa shape index (κ1) is 25.5. The molecular weight excluding hydrogens is 506 g/mol. The molecule has 0 aromatic heterocycles. The Morgan fingerprint density at radius 3 is 2.51 bits per heavy atom. The first-order chi connectivity index (χ1) is 17.7. The van der Waals surface area contributed by atoms with Crippen LogP contribution in [0.1, 0.15) is 22.3 Å². The SMILES string of the molecule is O=C(NCc1ccccc1F)[C@@H]1Cc2cc(C(F)(F)F)ccc2N2CCN(Cc3ccc(Cl)cc3)C[C@H]12. The van der Waals surface area contributed by atoms with Gasteiger partial charge in [-0.3, -0.25) is 9.69 Å². The van der Waals surface area contributed by atoms with E-state index in [-0.39, 0.29) is 24.9 Å². The highest BCUT2D eigenvalue weighted by molar-refractivity contribution is 6.30. The van der Waals surface area contributed by atoms with Gasteiger partial charge in [-0.15, -0.1) is 0 Å². The number of rotatable bonds is 5. The number of alkyl halides is 3. The van der Waals surface area contributed by atoms with Crippen LogP contribution in [0.25, 0.3) is 0 Å². The Morgan fingerprint density at radius 1 is 1.03 bits per heavy atom. The lowest BCUT2D eigenvalue weighted by atomic mass is 9.82. The minimum absolute atomic E-state index is 0.0126. The van der Waals surface area contributed by atoms with Gasteiger partial charge in [0.1, 0.15) is 5.82 Å². The number of carbonyl (C=O) groups is 1. The third-order valence-corrected chi connectivity index (χ3v) is 7.44.